The van der Waals surface area contributed by atoms with Crippen molar-refractivity contribution >= 4 is 0 Å². The standard InChI is InChI=1S/C15H21N3O2/c1-11(16)14-5-4-13(19-3)8-15(14)20-7-6-12-9-17-18(2)10-12/h4-5,8-11H,6-7,16H2,1-3H3. The van der Waals surface area contributed by atoms with Crippen LogP contribution in [0.15, 0.2) is 30.6 Å². The van der Waals surface area contributed by atoms with Crippen molar-refractivity contribution in [3.8, 4) is 11.5 Å². The van der Waals surface area contributed by atoms with E-state index in [2.05, 4.69) is 5.10 Å². The number of aromatic nitrogens is 2. The zero-order valence-corrected chi connectivity index (χ0v) is 12.2. The molecular weight excluding hydrogens is 254 g/mol. The van der Waals surface area contributed by atoms with Gasteiger partial charge in [-0.2, -0.15) is 5.10 Å². The van der Waals surface area contributed by atoms with Crippen molar-refractivity contribution in [2.75, 3.05) is 13.7 Å². The van der Waals surface area contributed by atoms with Gasteiger partial charge in [0.15, 0.2) is 0 Å². The smallest absolute Gasteiger partial charge is 0.127 e. The number of hydrogen-bond donors (Lipinski definition) is 1. The van der Waals surface area contributed by atoms with Crippen molar-refractivity contribution in [2.45, 2.75) is 19.4 Å². The van der Waals surface area contributed by atoms with Crippen LogP contribution in [0.1, 0.15) is 24.1 Å². The van der Waals surface area contributed by atoms with Crippen LogP contribution in [0.5, 0.6) is 11.5 Å². The largest absolute Gasteiger partial charge is 0.497 e. The van der Waals surface area contributed by atoms with Crippen LogP contribution < -0.4 is 15.2 Å². The molecule has 2 aromatic rings. The predicted octanol–water partition coefficient (Wildman–Crippen LogP) is 2.07. The van der Waals surface area contributed by atoms with Crippen molar-refractivity contribution in [1.82, 2.24) is 9.78 Å². The minimum Gasteiger partial charge on any atom is -0.497 e. The minimum atomic E-state index is -0.0747. The topological polar surface area (TPSA) is 62.3 Å². The minimum absolute atomic E-state index is 0.0747. The maximum atomic E-state index is 5.96. The Balaban J connectivity index is 2.03. The van der Waals surface area contributed by atoms with Crippen LogP contribution in [0.25, 0.3) is 0 Å². The summed E-state index contributed by atoms with van der Waals surface area (Å²) in [5.41, 5.74) is 8.09. The van der Waals surface area contributed by atoms with Gasteiger partial charge in [-0.15, -0.1) is 0 Å². The highest BCUT2D eigenvalue weighted by Crippen LogP contribution is 2.28. The van der Waals surface area contributed by atoms with Gasteiger partial charge < -0.3 is 15.2 Å². The SMILES string of the molecule is COc1ccc(C(C)N)c(OCCc2cnn(C)c2)c1. The fraction of sp³-hybridized carbons (Fsp3) is 0.400. The number of nitrogens with zero attached hydrogens (tertiary/aromatic N) is 2. The molecule has 0 spiro atoms. The lowest BCUT2D eigenvalue weighted by Gasteiger charge is -2.15. The molecule has 1 heterocycles. The number of ether oxygens (including phenoxy) is 2. The molecule has 1 aromatic heterocycles. The van der Waals surface area contributed by atoms with Gasteiger partial charge in [0.2, 0.25) is 0 Å². The highest BCUT2D eigenvalue weighted by atomic mass is 16.5. The van der Waals surface area contributed by atoms with Crippen molar-refractivity contribution in [3.63, 3.8) is 0 Å². The Morgan fingerprint density at radius 2 is 2.20 bits per heavy atom. The first-order valence-electron chi connectivity index (χ1n) is 6.64. The highest BCUT2D eigenvalue weighted by Gasteiger charge is 2.10. The van der Waals surface area contributed by atoms with Crippen molar-refractivity contribution in [3.05, 3.63) is 41.7 Å². The number of nitrogens with two attached hydrogens (primary N) is 1. The van der Waals surface area contributed by atoms with Gasteiger partial charge in [0.25, 0.3) is 0 Å². The zero-order valence-electron chi connectivity index (χ0n) is 12.2. The van der Waals surface area contributed by atoms with Crippen molar-refractivity contribution < 1.29 is 9.47 Å². The lowest BCUT2D eigenvalue weighted by molar-refractivity contribution is 0.314. The summed E-state index contributed by atoms with van der Waals surface area (Å²) in [5.74, 6) is 1.55. The van der Waals surface area contributed by atoms with Gasteiger partial charge in [0.05, 0.1) is 19.9 Å². The number of aryl methyl sites for hydroxylation is 1. The van der Waals surface area contributed by atoms with E-state index in [1.54, 1.807) is 11.8 Å². The predicted molar refractivity (Wildman–Crippen MR) is 78.0 cm³/mol. The van der Waals surface area contributed by atoms with Crippen LogP contribution in [0.2, 0.25) is 0 Å². The molecule has 0 saturated carbocycles. The molecule has 0 aliphatic carbocycles. The number of methoxy groups -OCH3 is 1. The lowest BCUT2D eigenvalue weighted by atomic mass is 10.1. The number of rotatable bonds is 6. The Bertz CT molecular complexity index is 564. The first-order chi connectivity index (χ1) is 9.60. The van der Waals surface area contributed by atoms with E-state index in [0.717, 1.165) is 29.0 Å². The van der Waals surface area contributed by atoms with Gasteiger partial charge in [-0.05, 0) is 18.6 Å². The van der Waals surface area contributed by atoms with Gasteiger partial charge in [0.1, 0.15) is 11.5 Å². The molecular formula is C15H21N3O2. The molecule has 1 aromatic carbocycles. The molecule has 0 amide bonds. The molecule has 108 valence electrons. The quantitative estimate of drug-likeness (QED) is 0.876. The Morgan fingerprint density at radius 1 is 1.40 bits per heavy atom. The fourth-order valence-corrected chi connectivity index (χ4v) is 2.02. The molecule has 20 heavy (non-hydrogen) atoms. The average Bonchev–Trinajstić information content (AvgIpc) is 2.84. The molecule has 2 N–H and O–H groups in total. The molecule has 0 bridgehead atoms. The molecule has 0 aliphatic heterocycles. The van der Waals surface area contributed by atoms with E-state index in [0.29, 0.717) is 6.61 Å². The highest BCUT2D eigenvalue weighted by molar-refractivity contribution is 5.42. The van der Waals surface area contributed by atoms with Gasteiger partial charge in [-0.25, -0.2) is 0 Å². The summed E-state index contributed by atoms with van der Waals surface area (Å²) in [6.07, 6.45) is 4.65. The molecule has 1 unspecified atom stereocenters. The van der Waals surface area contributed by atoms with Crippen molar-refractivity contribution in [1.29, 1.82) is 0 Å². The summed E-state index contributed by atoms with van der Waals surface area (Å²) >= 11 is 0. The molecule has 2 rings (SSSR count). The van der Waals surface area contributed by atoms with Crippen LogP contribution >= 0.6 is 0 Å². The van der Waals surface area contributed by atoms with E-state index in [1.807, 2.05) is 44.6 Å². The Morgan fingerprint density at radius 3 is 2.80 bits per heavy atom. The lowest BCUT2D eigenvalue weighted by Crippen LogP contribution is -2.09. The van der Waals surface area contributed by atoms with Crippen LogP contribution in [-0.4, -0.2) is 23.5 Å². The fourth-order valence-electron chi connectivity index (χ4n) is 2.02. The third-order valence-electron chi connectivity index (χ3n) is 3.12. The zero-order chi connectivity index (χ0) is 14.5. The normalized spacial score (nSPS) is 12.2. The summed E-state index contributed by atoms with van der Waals surface area (Å²) in [4.78, 5) is 0. The van der Waals surface area contributed by atoms with Gasteiger partial charge >= 0.3 is 0 Å². The summed E-state index contributed by atoms with van der Waals surface area (Å²) in [6.45, 7) is 2.52. The summed E-state index contributed by atoms with van der Waals surface area (Å²) in [6, 6.07) is 5.65. The maximum Gasteiger partial charge on any atom is 0.127 e. The van der Waals surface area contributed by atoms with E-state index in [9.17, 15) is 0 Å². The molecule has 0 saturated heterocycles. The monoisotopic (exact) mass is 275 g/mol. The third kappa shape index (κ3) is 3.51. The first-order valence-corrected chi connectivity index (χ1v) is 6.64. The summed E-state index contributed by atoms with van der Waals surface area (Å²) < 4.78 is 12.9. The summed E-state index contributed by atoms with van der Waals surface area (Å²) in [5, 5.41) is 4.14. The van der Waals surface area contributed by atoms with Gasteiger partial charge in [-0.3, -0.25) is 4.68 Å². The second-order valence-electron chi connectivity index (χ2n) is 4.81. The first kappa shape index (κ1) is 14.4. The third-order valence-corrected chi connectivity index (χ3v) is 3.12. The maximum absolute atomic E-state index is 5.96. The Labute approximate surface area is 119 Å². The second-order valence-corrected chi connectivity index (χ2v) is 4.81. The van der Waals surface area contributed by atoms with Crippen molar-refractivity contribution in [2.24, 2.45) is 12.8 Å². The molecule has 5 nitrogen and oxygen atoms in total. The van der Waals surface area contributed by atoms with Crippen LogP contribution in [0.3, 0.4) is 0 Å². The van der Waals surface area contributed by atoms with E-state index in [1.165, 1.54) is 0 Å². The average molecular weight is 275 g/mol. The van der Waals surface area contributed by atoms with E-state index in [4.69, 9.17) is 15.2 Å². The van der Waals surface area contributed by atoms with E-state index >= 15 is 0 Å². The van der Waals surface area contributed by atoms with Crippen LogP contribution in [-0.2, 0) is 13.5 Å². The molecule has 0 fully saturated rings. The van der Waals surface area contributed by atoms with Gasteiger partial charge in [-0.1, -0.05) is 6.07 Å². The van der Waals surface area contributed by atoms with Crippen LogP contribution in [0, 0.1) is 0 Å². The van der Waals surface area contributed by atoms with E-state index in [-0.39, 0.29) is 6.04 Å². The molecule has 5 heteroatoms. The number of benzene rings is 1. The second kappa shape index (κ2) is 6.43. The Hall–Kier alpha value is -2.01. The summed E-state index contributed by atoms with van der Waals surface area (Å²) in [7, 11) is 3.54. The molecule has 0 radical (unpaired) electrons. The Kier molecular flexibility index (Phi) is 4.63. The number of hydrogen-bond acceptors (Lipinski definition) is 4. The van der Waals surface area contributed by atoms with Crippen LogP contribution in [0.4, 0.5) is 0 Å². The molecule has 1 atom stereocenters. The van der Waals surface area contributed by atoms with E-state index < -0.39 is 0 Å². The van der Waals surface area contributed by atoms with Gasteiger partial charge in [0, 0.05) is 37.3 Å². The molecule has 0 aliphatic rings.